The van der Waals surface area contributed by atoms with Gasteiger partial charge >= 0.3 is 11.4 Å². The Hall–Kier alpha value is -2.75. The van der Waals surface area contributed by atoms with Crippen LogP contribution in [0.25, 0.3) is 11.0 Å². The smallest absolute Gasteiger partial charge is 0.327 e. The van der Waals surface area contributed by atoms with E-state index in [-0.39, 0.29) is 22.6 Å². The second-order valence-electron chi connectivity index (χ2n) is 5.62. The number of aromatic amines is 1. The molecule has 0 atom stereocenters. The molecule has 10 nitrogen and oxygen atoms in total. The fraction of sp³-hybridized carbons (Fsp3) is 0.462. The van der Waals surface area contributed by atoms with Gasteiger partial charge in [-0.15, -0.1) is 0 Å². The minimum Gasteiger partial charge on any atom is -0.358 e. The zero-order chi connectivity index (χ0) is 16.7. The lowest BCUT2D eigenvalue weighted by Gasteiger charge is -2.33. The molecule has 2 heterocycles. The fourth-order valence-corrected chi connectivity index (χ4v) is 2.89. The van der Waals surface area contributed by atoms with E-state index in [4.69, 9.17) is 0 Å². The molecule has 0 unspecified atom stereocenters. The van der Waals surface area contributed by atoms with E-state index in [1.165, 1.54) is 6.07 Å². The van der Waals surface area contributed by atoms with Crippen LogP contribution in [-0.4, -0.2) is 57.9 Å². The number of likely N-dealkylation sites (N-methyl/N-ethyl adjacent to an activating group) is 1. The van der Waals surface area contributed by atoms with Crippen molar-refractivity contribution in [1.82, 2.24) is 14.9 Å². The van der Waals surface area contributed by atoms with Gasteiger partial charge in [-0.1, -0.05) is 0 Å². The summed E-state index contributed by atoms with van der Waals surface area (Å²) in [6, 6.07) is 1.33. The molecule has 0 spiro atoms. The monoisotopic (exact) mass is 320 g/mol. The summed E-state index contributed by atoms with van der Waals surface area (Å²) >= 11 is 0. The number of aryl methyl sites for hydroxylation is 1. The lowest BCUT2D eigenvalue weighted by atomic mass is 10.1. The Morgan fingerprint density at radius 1 is 1.17 bits per heavy atom. The first-order valence-corrected chi connectivity index (χ1v) is 7.14. The van der Waals surface area contributed by atoms with Crippen molar-refractivity contribution in [1.29, 1.82) is 0 Å². The van der Waals surface area contributed by atoms with Crippen molar-refractivity contribution in [3.8, 4) is 0 Å². The molecular formula is C13H16N6O4. The summed E-state index contributed by atoms with van der Waals surface area (Å²) in [6.45, 7) is 4.02. The van der Waals surface area contributed by atoms with Crippen LogP contribution in [0.2, 0.25) is 0 Å². The van der Waals surface area contributed by atoms with E-state index in [1.54, 1.807) is 11.8 Å². The molecule has 1 aromatic heterocycles. The van der Waals surface area contributed by atoms with Crippen molar-refractivity contribution in [3.05, 3.63) is 32.1 Å². The van der Waals surface area contributed by atoms with Gasteiger partial charge < -0.3 is 14.8 Å². The summed E-state index contributed by atoms with van der Waals surface area (Å²) in [5, 5.41) is 23.1. The van der Waals surface area contributed by atoms with Crippen LogP contribution in [0.4, 0.5) is 17.1 Å². The minimum absolute atomic E-state index is 0.0482. The molecule has 2 aromatic rings. The molecule has 0 amide bonds. The molecule has 1 aliphatic heterocycles. The highest BCUT2D eigenvalue weighted by Crippen LogP contribution is 2.42. The lowest BCUT2D eigenvalue weighted by molar-refractivity contribution is -0.391. The number of nitro groups is 2. The standard InChI is InChI=1S/C13H16N6O4/c1-8-14-9-7-10(18(20)21)12(13(19(22)23)11(9)15-8)17-5-3-16(2)4-6-17/h7H,3-6H2,1-2H3,(H,14,15). The van der Waals surface area contributed by atoms with E-state index in [1.807, 2.05) is 7.05 Å². The Morgan fingerprint density at radius 3 is 2.39 bits per heavy atom. The number of nitrogens with zero attached hydrogens (tertiary/aromatic N) is 5. The SMILES string of the molecule is Cc1nc2c([N+](=O)[O-])c(N3CCN(C)CC3)c([N+](=O)[O-])cc2[nH]1. The van der Waals surface area contributed by atoms with Gasteiger partial charge in [-0.2, -0.15) is 0 Å². The van der Waals surface area contributed by atoms with E-state index in [0.29, 0.717) is 37.5 Å². The maximum Gasteiger partial charge on any atom is 0.327 e. The Labute approximate surface area is 131 Å². The second kappa shape index (κ2) is 5.47. The molecule has 1 aliphatic rings. The maximum atomic E-state index is 11.6. The van der Waals surface area contributed by atoms with Crippen LogP contribution < -0.4 is 4.90 Å². The van der Waals surface area contributed by atoms with Gasteiger partial charge in [0, 0.05) is 32.2 Å². The molecule has 0 radical (unpaired) electrons. The molecule has 0 bridgehead atoms. The van der Waals surface area contributed by atoms with E-state index in [2.05, 4.69) is 14.9 Å². The van der Waals surface area contributed by atoms with Gasteiger partial charge in [0.2, 0.25) is 0 Å². The van der Waals surface area contributed by atoms with E-state index >= 15 is 0 Å². The van der Waals surface area contributed by atoms with Crippen molar-refractivity contribution < 1.29 is 9.85 Å². The molecule has 23 heavy (non-hydrogen) atoms. The Balaban J connectivity index is 2.27. The maximum absolute atomic E-state index is 11.6. The molecule has 1 N–H and O–H groups in total. The molecule has 122 valence electrons. The highest BCUT2D eigenvalue weighted by atomic mass is 16.6. The normalized spacial score (nSPS) is 16.0. The van der Waals surface area contributed by atoms with Gasteiger partial charge in [0.1, 0.15) is 5.82 Å². The number of rotatable bonds is 3. The third-order valence-electron chi connectivity index (χ3n) is 4.02. The molecule has 0 saturated carbocycles. The molecule has 1 aromatic carbocycles. The van der Waals surface area contributed by atoms with Crippen molar-refractivity contribution in [2.45, 2.75) is 6.92 Å². The number of hydrogen-bond donors (Lipinski definition) is 1. The number of aromatic nitrogens is 2. The number of fused-ring (bicyclic) bond motifs is 1. The van der Waals surface area contributed by atoms with Gasteiger partial charge in [0.15, 0.2) is 11.2 Å². The highest BCUT2D eigenvalue weighted by molar-refractivity contribution is 5.97. The molecule has 1 fully saturated rings. The summed E-state index contributed by atoms with van der Waals surface area (Å²) in [7, 11) is 1.94. The predicted octanol–water partition coefficient (Wildman–Crippen LogP) is 1.44. The number of benzene rings is 1. The van der Waals surface area contributed by atoms with Gasteiger partial charge in [-0.25, -0.2) is 4.98 Å². The van der Waals surface area contributed by atoms with Gasteiger partial charge in [0.05, 0.1) is 15.4 Å². The number of anilines is 1. The zero-order valence-corrected chi connectivity index (χ0v) is 12.8. The largest absolute Gasteiger partial charge is 0.358 e. The third kappa shape index (κ3) is 2.57. The molecule has 10 heteroatoms. The summed E-state index contributed by atoms with van der Waals surface area (Å²) in [5.74, 6) is 0.480. The molecule has 3 rings (SSSR count). The van der Waals surface area contributed by atoms with Gasteiger partial charge in [-0.05, 0) is 14.0 Å². The van der Waals surface area contributed by atoms with Gasteiger partial charge in [0.25, 0.3) is 0 Å². The lowest BCUT2D eigenvalue weighted by Crippen LogP contribution is -2.44. The van der Waals surface area contributed by atoms with Crippen LogP contribution in [0.5, 0.6) is 0 Å². The predicted molar refractivity (Wildman–Crippen MR) is 83.8 cm³/mol. The second-order valence-corrected chi connectivity index (χ2v) is 5.62. The summed E-state index contributed by atoms with van der Waals surface area (Å²) < 4.78 is 0. The van der Waals surface area contributed by atoms with Crippen LogP contribution in [0, 0.1) is 27.2 Å². The van der Waals surface area contributed by atoms with Crippen LogP contribution in [0.15, 0.2) is 6.07 Å². The zero-order valence-electron chi connectivity index (χ0n) is 12.8. The van der Waals surface area contributed by atoms with Crippen molar-refractivity contribution in [2.24, 2.45) is 0 Å². The summed E-state index contributed by atoms with van der Waals surface area (Å²) in [4.78, 5) is 32.7. The van der Waals surface area contributed by atoms with Crippen LogP contribution >= 0.6 is 0 Å². The fourth-order valence-electron chi connectivity index (χ4n) is 2.89. The highest BCUT2D eigenvalue weighted by Gasteiger charge is 2.35. The van der Waals surface area contributed by atoms with Crippen molar-refractivity contribution in [2.75, 3.05) is 38.1 Å². The van der Waals surface area contributed by atoms with Crippen molar-refractivity contribution >= 4 is 28.1 Å². The van der Waals surface area contributed by atoms with Gasteiger partial charge in [-0.3, -0.25) is 20.2 Å². The molecule has 1 saturated heterocycles. The van der Waals surface area contributed by atoms with E-state index < -0.39 is 9.85 Å². The molecule has 0 aliphatic carbocycles. The third-order valence-corrected chi connectivity index (χ3v) is 4.02. The number of nitro benzene ring substituents is 2. The van der Waals surface area contributed by atoms with Crippen molar-refractivity contribution in [3.63, 3.8) is 0 Å². The number of H-pyrrole nitrogens is 1. The summed E-state index contributed by atoms with van der Waals surface area (Å²) in [5.41, 5.74) is -0.0570. The first-order valence-electron chi connectivity index (χ1n) is 7.14. The average Bonchev–Trinajstić information content (AvgIpc) is 2.85. The quantitative estimate of drug-likeness (QED) is 0.670. The first-order chi connectivity index (χ1) is 10.9. The number of nitrogens with one attached hydrogen (secondary N) is 1. The number of hydrogen-bond acceptors (Lipinski definition) is 7. The summed E-state index contributed by atoms with van der Waals surface area (Å²) in [6.07, 6.45) is 0. The Morgan fingerprint density at radius 2 is 1.83 bits per heavy atom. The number of piperazine rings is 1. The first kappa shape index (κ1) is 15.2. The Kier molecular flexibility index (Phi) is 3.60. The molecular weight excluding hydrogens is 304 g/mol. The average molecular weight is 320 g/mol. The number of imidazole rings is 1. The van der Waals surface area contributed by atoms with E-state index in [0.717, 1.165) is 0 Å². The Bertz CT molecular complexity index is 793. The van der Waals surface area contributed by atoms with Crippen LogP contribution in [0.1, 0.15) is 5.82 Å². The van der Waals surface area contributed by atoms with E-state index in [9.17, 15) is 20.2 Å². The minimum atomic E-state index is -0.580. The van der Waals surface area contributed by atoms with Crippen LogP contribution in [-0.2, 0) is 0 Å². The topological polar surface area (TPSA) is 121 Å². The van der Waals surface area contributed by atoms with Crippen LogP contribution in [0.3, 0.4) is 0 Å².